The number of rotatable bonds is 4. The number of benzene rings is 1. The van der Waals surface area contributed by atoms with Crippen molar-refractivity contribution in [2.75, 3.05) is 5.32 Å². The number of thioether (sulfide) groups is 1. The molecule has 120 valence electrons. The molecule has 1 aliphatic rings. The molecule has 0 spiro atoms. The highest BCUT2D eigenvalue weighted by molar-refractivity contribution is 8.00. The predicted molar refractivity (Wildman–Crippen MR) is 88.8 cm³/mol. The number of anilines is 1. The number of hydrogen-bond acceptors (Lipinski definition) is 5. The van der Waals surface area contributed by atoms with Crippen LogP contribution < -0.4 is 5.32 Å². The minimum absolute atomic E-state index is 0.0368. The van der Waals surface area contributed by atoms with Gasteiger partial charge >= 0.3 is 0 Å². The van der Waals surface area contributed by atoms with E-state index in [1.54, 1.807) is 6.33 Å². The van der Waals surface area contributed by atoms with Gasteiger partial charge in [-0.25, -0.2) is 0 Å². The molecule has 1 aliphatic carbocycles. The number of ketones is 1. The fourth-order valence-electron chi connectivity index (χ4n) is 2.62. The Hall–Kier alpha value is -2.15. The molecule has 0 bridgehead atoms. The van der Waals surface area contributed by atoms with Gasteiger partial charge in [-0.1, -0.05) is 24.2 Å². The molecule has 6 nitrogen and oxygen atoms in total. The smallest absolute Gasteiger partial charge is 0.221 e. The van der Waals surface area contributed by atoms with Crippen molar-refractivity contribution in [3.8, 4) is 5.69 Å². The van der Waals surface area contributed by atoms with Gasteiger partial charge in [0.15, 0.2) is 5.16 Å². The Morgan fingerprint density at radius 3 is 3.04 bits per heavy atom. The van der Waals surface area contributed by atoms with Crippen LogP contribution in [-0.4, -0.2) is 31.7 Å². The topological polar surface area (TPSA) is 76.9 Å². The van der Waals surface area contributed by atoms with Gasteiger partial charge in [0.05, 0.1) is 10.9 Å². The van der Waals surface area contributed by atoms with Crippen molar-refractivity contribution in [1.29, 1.82) is 0 Å². The molecule has 1 heterocycles. The summed E-state index contributed by atoms with van der Waals surface area (Å²) in [6.07, 6.45) is 5.24. The van der Waals surface area contributed by atoms with E-state index in [1.807, 2.05) is 28.8 Å². The van der Waals surface area contributed by atoms with Crippen LogP contribution in [0.15, 0.2) is 35.7 Å². The standard InChI is InChI=1S/C16H18N4O2S/c1-11(21)18-12-5-4-6-13(9-12)20-10-17-19-16(20)23-15-8-3-2-7-14(15)22/h4-6,9-10,15H,2-3,7-8H2,1H3,(H,18,21). The zero-order chi connectivity index (χ0) is 16.2. The lowest BCUT2D eigenvalue weighted by atomic mass is 9.99. The maximum Gasteiger partial charge on any atom is 0.221 e. The molecule has 1 saturated carbocycles. The summed E-state index contributed by atoms with van der Waals surface area (Å²) in [5.41, 5.74) is 1.57. The number of nitrogens with one attached hydrogen (secondary N) is 1. The minimum Gasteiger partial charge on any atom is -0.326 e. The second kappa shape index (κ2) is 6.95. The van der Waals surface area contributed by atoms with Crippen molar-refractivity contribution in [3.05, 3.63) is 30.6 Å². The Kier molecular flexibility index (Phi) is 4.76. The fourth-order valence-corrected chi connectivity index (χ4v) is 3.77. The summed E-state index contributed by atoms with van der Waals surface area (Å²) in [5.74, 6) is 0.177. The summed E-state index contributed by atoms with van der Waals surface area (Å²) >= 11 is 1.47. The number of carbonyl (C=O) groups excluding carboxylic acids is 2. The molecule has 1 aromatic carbocycles. The van der Waals surface area contributed by atoms with E-state index in [-0.39, 0.29) is 11.2 Å². The number of carbonyl (C=O) groups is 2. The lowest BCUT2D eigenvalue weighted by Gasteiger charge is -2.19. The average molecular weight is 330 g/mol. The first-order valence-electron chi connectivity index (χ1n) is 7.61. The molecular weight excluding hydrogens is 312 g/mol. The van der Waals surface area contributed by atoms with Gasteiger partial charge in [0, 0.05) is 19.0 Å². The molecule has 1 unspecified atom stereocenters. The van der Waals surface area contributed by atoms with Gasteiger partial charge in [0.1, 0.15) is 12.1 Å². The molecule has 0 aliphatic heterocycles. The molecule has 0 saturated heterocycles. The van der Waals surface area contributed by atoms with Crippen molar-refractivity contribution >= 4 is 29.1 Å². The van der Waals surface area contributed by atoms with E-state index in [2.05, 4.69) is 15.5 Å². The quantitative estimate of drug-likeness (QED) is 0.933. The third kappa shape index (κ3) is 3.79. The van der Waals surface area contributed by atoms with Crippen LogP contribution in [0.2, 0.25) is 0 Å². The summed E-state index contributed by atoms with van der Waals surface area (Å²) in [5, 5.41) is 11.5. The van der Waals surface area contributed by atoms with Crippen LogP contribution in [0.4, 0.5) is 5.69 Å². The van der Waals surface area contributed by atoms with Crippen molar-refractivity contribution in [3.63, 3.8) is 0 Å². The largest absolute Gasteiger partial charge is 0.326 e. The molecule has 23 heavy (non-hydrogen) atoms. The van der Waals surface area contributed by atoms with E-state index < -0.39 is 0 Å². The van der Waals surface area contributed by atoms with Gasteiger partial charge in [0.2, 0.25) is 5.91 Å². The molecule has 1 aromatic heterocycles. The molecule has 3 rings (SSSR count). The molecule has 1 amide bonds. The summed E-state index contributed by atoms with van der Waals surface area (Å²) in [4.78, 5) is 23.2. The summed E-state index contributed by atoms with van der Waals surface area (Å²) in [6, 6.07) is 7.46. The Bertz CT molecular complexity index is 728. The average Bonchev–Trinajstić information content (AvgIpc) is 2.97. The molecule has 7 heteroatoms. The van der Waals surface area contributed by atoms with E-state index in [0.717, 1.165) is 24.9 Å². The van der Waals surface area contributed by atoms with Crippen LogP contribution in [0.3, 0.4) is 0 Å². The van der Waals surface area contributed by atoms with Crippen molar-refractivity contribution in [2.24, 2.45) is 0 Å². The third-order valence-corrected chi connectivity index (χ3v) is 4.98. The number of hydrogen-bond donors (Lipinski definition) is 1. The van der Waals surface area contributed by atoms with Crippen LogP contribution >= 0.6 is 11.8 Å². The van der Waals surface area contributed by atoms with Gasteiger partial charge in [-0.2, -0.15) is 0 Å². The highest BCUT2D eigenvalue weighted by atomic mass is 32.2. The molecule has 2 aromatic rings. The molecule has 1 fully saturated rings. The molecule has 0 radical (unpaired) electrons. The second-order valence-electron chi connectivity index (χ2n) is 5.53. The maximum atomic E-state index is 12.0. The maximum absolute atomic E-state index is 12.0. The lowest BCUT2D eigenvalue weighted by Crippen LogP contribution is -2.21. The van der Waals surface area contributed by atoms with Gasteiger partial charge < -0.3 is 5.32 Å². The van der Waals surface area contributed by atoms with Crippen molar-refractivity contribution in [1.82, 2.24) is 14.8 Å². The monoisotopic (exact) mass is 330 g/mol. The Balaban J connectivity index is 1.83. The third-order valence-electron chi connectivity index (χ3n) is 3.71. The Morgan fingerprint density at radius 2 is 2.26 bits per heavy atom. The first-order chi connectivity index (χ1) is 11.1. The van der Waals surface area contributed by atoms with Crippen LogP contribution in [-0.2, 0) is 9.59 Å². The van der Waals surface area contributed by atoms with Gasteiger partial charge in [0.25, 0.3) is 0 Å². The van der Waals surface area contributed by atoms with E-state index in [9.17, 15) is 9.59 Å². The summed E-state index contributed by atoms with van der Waals surface area (Å²) in [7, 11) is 0. The van der Waals surface area contributed by atoms with Crippen molar-refractivity contribution in [2.45, 2.75) is 43.0 Å². The van der Waals surface area contributed by atoms with Gasteiger partial charge in [-0.05, 0) is 31.0 Å². The zero-order valence-electron chi connectivity index (χ0n) is 12.9. The van der Waals surface area contributed by atoms with Gasteiger partial charge in [-0.15, -0.1) is 10.2 Å². The lowest BCUT2D eigenvalue weighted by molar-refractivity contribution is -0.119. The summed E-state index contributed by atoms with van der Waals surface area (Å²) < 4.78 is 1.85. The second-order valence-corrected chi connectivity index (χ2v) is 6.70. The Morgan fingerprint density at radius 1 is 1.39 bits per heavy atom. The normalized spacial score (nSPS) is 18.0. The number of amides is 1. The molecule has 1 N–H and O–H groups in total. The highest BCUT2D eigenvalue weighted by Crippen LogP contribution is 2.31. The molecule has 1 atom stereocenters. The van der Waals surface area contributed by atoms with Crippen LogP contribution in [0.5, 0.6) is 0 Å². The van der Waals surface area contributed by atoms with E-state index in [1.165, 1.54) is 18.7 Å². The number of Topliss-reactive ketones (excluding diaryl/α,β-unsaturated/α-hetero) is 1. The first kappa shape index (κ1) is 15.7. The fraction of sp³-hybridized carbons (Fsp3) is 0.375. The van der Waals surface area contributed by atoms with E-state index in [4.69, 9.17) is 0 Å². The number of aromatic nitrogens is 3. The van der Waals surface area contributed by atoms with Crippen molar-refractivity contribution < 1.29 is 9.59 Å². The van der Waals surface area contributed by atoms with Crippen LogP contribution in [0, 0.1) is 0 Å². The minimum atomic E-state index is -0.117. The van der Waals surface area contributed by atoms with Crippen LogP contribution in [0.25, 0.3) is 5.69 Å². The predicted octanol–water partition coefficient (Wildman–Crippen LogP) is 2.83. The SMILES string of the molecule is CC(=O)Nc1cccc(-n2cnnc2SC2CCCCC2=O)c1. The van der Waals surface area contributed by atoms with E-state index in [0.29, 0.717) is 23.0 Å². The zero-order valence-corrected chi connectivity index (χ0v) is 13.7. The highest BCUT2D eigenvalue weighted by Gasteiger charge is 2.25. The Labute approximate surface area is 138 Å². The van der Waals surface area contributed by atoms with E-state index >= 15 is 0 Å². The first-order valence-corrected chi connectivity index (χ1v) is 8.49. The number of nitrogens with zero attached hydrogens (tertiary/aromatic N) is 3. The summed E-state index contributed by atoms with van der Waals surface area (Å²) in [6.45, 7) is 1.47. The van der Waals surface area contributed by atoms with Crippen LogP contribution in [0.1, 0.15) is 32.6 Å². The van der Waals surface area contributed by atoms with Gasteiger partial charge in [-0.3, -0.25) is 14.2 Å². The molecular formula is C16H18N4O2S.